The van der Waals surface area contributed by atoms with Crippen molar-refractivity contribution in [1.29, 1.82) is 0 Å². The highest BCUT2D eigenvalue weighted by Crippen LogP contribution is 2.43. The molecule has 0 radical (unpaired) electrons. The van der Waals surface area contributed by atoms with Crippen LogP contribution in [0.1, 0.15) is 17.5 Å². The summed E-state index contributed by atoms with van der Waals surface area (Å²) in [5, 5.41) is 0. The summed E-state index contributed by atoms with van der Waals surface area (Å²) in [4.78, 5) is 11.3. The minimum atomic E-state index is -0.806. The molecule has 2 heterocycles. The first-order valence-electron chi connectivity index (χ1n) is 6.07. The molecular weight excluding hydrogens is 248 g/mol. The molecule has 19 heavy (non-hydrogen) atoms. The van der Waals surface area contributed by atoms with E-state index >= 15 is 0 Å². The fraction of sp³-hybridized carbons (Fsp3) is 0.357. The molecule has 0 aliphatic carbocycles. The van der Waals surface area contributed by atoms with Gasteiger partial charge in [-0.25, -0.2) is 0 Å². The number of fused-ring (bicyclic) bond motifs is 2. The van der Waals surface area contributed by atoms with Gasteiger partial charge in [-0.15, -0.1) is 0 Å². The number of esters is 1. The molecule has 1 aromatic carbocycles. The molecule has 0 saturated carbocycles. The topological polar surface area (TPSA) is 54.0 Å². The SMILES string of the molecule is COC(=O)Cc1ccc2c(c1)C1(CCO2)OC=CO1. The van der Waals surface area contributed by atoms with Gasteiger partial charge in [-0.3, -0.25) is 4.79 Å². The van der Waals surface area contributed by atoms with E-state index in [-0.39, 0.29) is 12.4 Å². The van der Waals surface area contributed by atoms with Gasteiger partial charge in [0.2, 0.25) is 0 Å². The van der Waals surface area contributed by atoms with Crippen LogP contribution < -0.4 is 4.74 Å². The second-order valence-electron chi connectivity index (χ2n) is 4.44. The average molecular weight is 262 g/mol. The third kappa shape index (κ3) is 2.01. The maximum Gasteiger partial charge on any atom is 0.309 e. The molecule has 5 heteroatoms. The predicted molar refractivity (Wildman–Crippen MR) is 65.3 cm³/mol. The second kappa shape index (κ2) is 4.50. The van der Waals surface area contributed by atoms with Gasteiger partial charge in [0.1, 0.15) is 18.3 Å². The summed E-state index contributed by atoms with van der Waals surface area (Å²) in [6.07, 6.45) is 3.88. The van der Waals surface area contributed by atoms with Crippen LogP contribution in [-0.4, -0.2) is 19.7 Å². The Morgan fingerprint density at radius 3 is 2.89 bits per heavy atom. The van der Waals surface area contributed by atoms with E-state index in [1.807, 2.05) is 18.2 Å². The molecule has 1 spiro atoms. The van der Waals surface area contributed by atoms with E-state index in [1.165, 1.54) is 19.6 Å². The van der Waals surface area contributed by atoms with E-state index in [0.717, 1.165) is 16.9 Å². The second-order valence-corrected chi connectivity index (χ2v) is 4.44. The van der Waals surface area contributed by atoms with E-state index in [1.54, 1.807) is 0 Å². The van der Waals surface area contributed by atoms with E-state index in [2.05, 4.69) is 4.74 Å². The van der Waals surface area contributed by atoms with Gasteiger partial charge in [-0.2, -0.15) is 0 Å². The molecule has 0 aromatic heterocycles. The number of rotatable bonds is 2. The normalized spacial score (nSPS) is 18.2. The van der Waals surface area contributed by atoms with Gasteiger partial charge in [0, 0.05) is 0 Å². The van der Waals surface area contributed by atoms with Crippen LogP contribution in [-0.2, 0) is 31.2 Å². The Bertz CT molecular complexity index is 527. The van der Waals surface area contributed by atoms with Crippen molar-refractivity contribution >= 4 is 5.97 Å². The minimum absolute atomic E-state index is 0.216. The van der Waals surface area contributed by atoms with E-state index in [4.69, 9.17) is 14.2 Å². The van der Waals surface area contributed by atoms with Crippen LogP contribution in [0.25, 0.3) is 0 Å². The van der Waals surface area contributed by atoms with Crippen molar-refractivity contribution in [1.82, 2.24) is 0 Å². The van der Waals surface area contributed by atoms with E-state index in [0.29, 0.717) is 13.0 Å². The molecule has 0 fully saturated rings. The zero-order valence-electron chi connectivity index (χ0n) is 10.5. The number of methoxy groups -OCH3 is 1. The third-order valence-electron chi connectivity index (χ3n) is 3.29. The predicted octanol–water partition coefficient (Wildman–Crippen LogP) is 1.86. The molecule has 0 atom stereocenters. The van der Waals surface area contributed by atoms with Gasteiger partial charge in [-0.05, 0) is 17.7 Å². The van der Waals surface area contributed by atoms with Crippen LogP contribution >= 0.6 is 0 Å². The highest BCUT2D eigenvalue weighted by molar-refractivity contribution is 5.72. The lowest BCUT2D eigenvalue weighted by atomic mass is 9.96. The van der Waals surface area contributed by atoms with Gasteiger partial charge in [0.25, 0.3) is 5.79 Å². The molecule has 2 aliphatic rings. The summed E-state index contributed by atoms with van der Waals surface area (Å²) in [7, 11) is 1.37. The van der Waals surface area contributed by atoms with Gasteiger partial charge in [-0.1, -0.05) is 6.07 Å². The van der Waals surface area contributed by atoms with Crippen molar-refractivity contribution < 1.29 is 23.7 Å². The fourth-order valence-corrected chi connectivity index (χ4v) is 2.33. The van der Waals surface area contributed by atoms with Crippen molar-refractivity contribution in [2.75, 3.05) is 13.7 Å². The first-order valence-corrected chi connectivity index (χ1v) is 6.07. The van der Waals surface area contributed by atoms with E-state index in [9.17, 15) is 4.79 Å². The maximum atomic E-state index is 11.3. The molecule has 0 N–H and O–H groups in total. The largest absolute Gasteiger partial charge is 0.493 e. The fourth-order valence-electron chi connectivity index (χ4n) is 2.33. The number of carbonyl (C=O) groups is 1. The van der Waals surface area contributed by atoms with Crippen LogP contribution in [0.4, 0.5) is 0 Å². The Labute approximate surface area is 110 Å². The monoisotopic (exact) mass is 262 g/mol. The molecule has 0 saturated heterocycles. The Morgan fingerprint density at radius 2 is 2.16 bits per heavy atom. The lowest BCUT2D eigenvalue weighted by molar-refractivity contribution is -0.168. The zero-order chi connectivity index (χ0) is 13.3. The highest BCUT2D eigenvalue weighted by atomic mass is 16.7. The Hall–Kier alpha value is -2.17. The molecule has 2 aliphatic heterocycles. The van der Waals surface area contributed by atoms with E-state index < -0.39 is 5.79 Å². The molecule has 1 aromatic rings. The zero-order valence-corrected chi connectivity index (χ0v) is 10.5. The van der Waals surface area contributed by atoms with Crippen LogP contribution in [0.3, 0.4) is 0 Å². The summed E-state index contributed by atoms with van der Waals surface area (Å²) in [6, 6.07) is 5.55. The summed E-state index contributed by atoms with van der Waals surface area (Å²) in [5.74, 6) is -0.361. The lowest BCUT2D eigenvalue weighted by Gasteiger charge is -2.33. The lowest BCUT2D eigenvalue weighted by Crippen LogP contribution is -2.33. The summed E-state index contributed by atoms with van der Waals surface area (Å²) < 4.78 is 21.5. The van der Waals surface area contributed by atoms with Gasteiger partial charge in [0.05, 0.1) is 32.1 Å². The standard InChI is InChI=1S/C14H14O5/c1-16-13(15)9-10-2-3-12-11(8-10)14(4-5-17-12)18-6-7-19-14/h2-3,6-8H,4-5,9H2,1H3. The highest BCUT2D eigenvalue weighted by Gasteiger charge is 2.43. The van der Waals surface area contributed by atoms with Crippen LogP contribution in [0.5, 0.6) is 5.75 Å². The first kappa shape index (κ1) is 11.9. The summed E-state index contributed by atoms with van der Waals surface area (Å²) in [5.41, 5.74) is 1.65. The molecule has 5 nitrogen and oxygen atoms in total. The van der Waals surface area contributed by atoms with Crippen molar-refractivity contribution in [3.8, 4) is 5.75 Å². The van der Waals surface area contributed by atoms with Crippen LogP contribution in [0.2, 0.25) is 0 Å². The van der Waals surface area contributed by atoms with Gasteiger partial charge in [0.15, 0.2) is 0 Å². The third-order valence-corrected chi connectivity index (χ3v) is 3.29. The Kier molecular flexibility index (Phi) is 2.81. The first-order chi connectivity index (χ1) is 9.23. The number of hydrogen-bond donors (Lipinski definition) is 0. The van der Waals surface area contributed by atoms with Crippen molar-refractivity contribution in [3.63, 3.8) is 0 Å². The number of carbonyl (C=O) groups excluding carboxylic acids is 1. The van der Waals surface area contributed by atoms with Crippen molar-refractivity contribution in [2.45, 2.75) is 18.6 Å². The number of hydrogen-bond acceptors (Lipinski definition) is 5. The van der Waals surface area contributed by atoms with Crippen molar-refractivity contribution in [3.05, 3.63) is 41.9 Å². The van der Waals surface area contributed by atoms with Crippen molar-refractivity contribution in [2.24, 2.45) is 0 Å². The van der Waals surface area contributed by atoms with Crippen LogP contribution in [0, 0.1) is 0 Å². The minimum Gasteiger partial charge on any atom is -0.493 e. The molecule has 100 valence electrons. The number of ether oxygens (including phenoxy) is 4. The quantitative estimate of drug-likeness (QED) is 0.761. The molecule has 3 rings (SSSR count). The maximum absolute atomic E-state index is 11.3. The average Bonchev–Trinajstić information content (AvgIpc) is 2.89. The molecule has 0 unspecified atom stereocenters. The van der Waals surface area contributed by atoms with Gasteiger partial charge < -0.3 is 18.9 Å². The molecule has 0 amide bonds. The Morgan fingerprint density at radius 1 is 1.37 bits per heavy atom. The number of benzene rings is 1. The smallest absolute Gasteiger partial charge is 0.309 e. The van der Waals surface area contributed by atoms with Crippen LogP contribution in [0.15, 0.2) is 30.7 Å². The summed E-state index contributed by atoms with van der Waals surface area (Å²) >= 11 is 0. The molecular formula is C14H14O5. The van der Waals surface area contributed by atoms with Gasteiger partial charge >= 0.3 is 5.97 Å². The summed E-state index contributed by atoms with van der Waals surface area (Å²) in [6.45, 7) is 0.533. The molecule has 0 bridgehead atoms. The Balaban J connectivity index is 1.95.